The Balaban J connectivity index is 2.31. The lowest BCUT2D eigenvalue weighted by Gasteiger charge is -2.17. The van der Waals surface area contributed by atoms with E-state index < -0.39 is 0 Å². The van der Waals surface area contributed by atoms with Gasteiger partial charge in [-0.3, -0.25) is 0 Å². The lowest BCUT2D eigenvalue weighted by Crippen LogP contribution is -2.03. The van der Waals surface area contributed by atoms with Gasteiger partial charge in [-0.1, -0.05) is 60.7 Å². The van der Waals surface area contributed by atoms with E-state index in [0.29, 0.717) is 0 Å². The molecule has 1 nitrogen and oxygen atoms in total. The molecule has 0 bridgehead atoms. The molecule has 0 unspecified atom stereocenters. The van der Waals surface area contributed by atoms with Gasteiger partial charge in [-0.15, -0.1) is 0 Å². The lowest BCUT2D eigenvalue weighted by atomic mass is 10.0. The molecule has 0 aliphatic heterocycles. The summed E-state index contributed by atoms with van der Waals surface area (Å²) >= 11 is 0. The topological polar surface area (TPSA) is 9.23 Å². The van der Waals surface area contributed by atoms with Crippen molar-refractivity contribution in [2.45, 2.75) is 13.0 Å². The molecule has 0 aromatic heterocycles. The van der Waals surface area contributed by atoms with Gasteiger partial charge in [0.2, 0.25) is 0 Å². The van der Waals surface area contributed by atoms with Crippen LogP contribution in [0.4, 0.5) is 0 Å². The number of ether oxygens (including phenoxy) is 1. The number of hydrogen-bond acceptors (Lipinski definition) is 1. The molecule has 1 radical (unpaired) electrons. The van der Waals surface area contributed by atoms with Crippen LogP contribution in [0.2, 0.25) is 0 Å². The highest BCUT2D eigenvalue weighted by molar-refractivity contribution is 5.29. The summed E-state index contributed by atoms with van der Waals surface area (Å²) in [6.45, 7) is 3.64. The molecule has 0 saturated carbocycles. The molecule has 2 aromatic carbocycles. The Kier molecular flexibility index (Phi) is 3.73. The summed E-state index contributed by atoms with van der Waals surface area (Å²) in [7, 11) is 0. The average Bonchev–Trinajstić information content (AvgIpc) is 2.38. The molecule has 16 heavy (non-hydrogen) atoms. The van der Waals surface area contributed by atoms with Crippen LogP contribution in [0.25, 0.3) is 0 Å². The Morgan fingerprint density at radius 3 is 1.62 bits per heavy atom. The smallest absolute Gasteiger partial charge is 0.108 e. The fourth-order valence-corrected chi connectivity index (χ4v) is 1.74. The van der Waals surface area contributed by atoms with Crippen LogP contribution in [0.3, 0.4) is 0 Å². The summed E-state index contributed by atoms with van der Waals surface area (Å²) in [5.74, 6) is 0. The third-order valence-corrected chi connectivity index (χ3v) is 2.48. The summed E-state index contributed by atoms with van der Waals surface area (Å²) in [6, 6.07) is 20.5. The predicted molar refractivity (Wildman–Crippen MR) is 65.8 cm³/mol. The van der Waals surface area contributed by atoms with E-state index in [1.807, 2.05) is 43.3 Å². The Morgan fingerprint density at radius 2 is 1.25 bits per heavy atom. The Morgan fingerprint density at radius 1 is 0.812 bits per heavy atom. The van der Waals surface area contributed by atoms with Crippen molar-refractivity contribution in [2.75, 3.05) is 0 Å². The van der Waals surface area contributed by atoms with E-state index in [-0.39, 0.29) is 6.10 Å². The van der Waals surface area contributed by atoms with Crippen LogP contribution in [0, 0.1) is 6.61 Å². The average molecular weight is 211 g/mol. The van der Waals surface area contributed by atoms with Crippen molar-refractivity contribution in [1.29, 1.82) is 0 Å². The van der Waals surface area contributed by atoms with Crippen molar-refractivity contribution >= 4 is 0 Å². The summed E-state index contributed by atoms with van der Waals surface area (Å²) in [5, 5.41) is 0. The Labute approximate surface area is 96.7 Å². The van der Waals surface area contributed by atoms with E-state index in [4.69, 9.17) is 4.74 Å². The second-order valence-corrected chi connectivity index (χ2v) is 3.57. The van der Waals surface area contributed by atoms with Crippen LogP contribution in [0.5, 0.6) is 0 Å². The first kappa shape index (κ1) is 10.9. The molecule has 0 aliphatic rings. The first-order valence-corrected chi connectivity index (χ1v) is 5.45. The largest absolute Gasteiger partial charge is 0.363 e. The van der Waals surface area contributed by atoms with Gasteiger partial charge < -0.3 is 4.74 Å². The normalized spacial score (nSPS) is 10.6. The molecule has 81 valence electrons. The summed E-state index contributed by atoms with van der Waals surface area (Å²) in [4.78, 5) is 0. The molecule has 0 heterocycles. The van der Waals surface area contributed by atoms with Crippen molar-refractivity contribution in [1.82, 2.24) is 0 Å². The maximum atomic E-state index is 5.69. The zero-order valence-corrected chi connectivity index (χ0v) is 9.34. The molecule has 0 amide bonds. The second-order valence-electron chi connectivity index (χ2n) is 3.57. The second kappa shape index (κ2) is 5.47. The maximum absolute atomic E-state index is 5.69. The SMILES string of the molecule is C[CH]OC(c1ccccc1)c1ccccc1. The van der Waals surface area contributed by atoms with Crippen LogP contribution < -0.4 is 0 Å². The molecule has 0 spiro atoms. The maximum Gasteiger partial charge on any atom is 0.108 e. The van der Waals surface area contributed by atoms with Crippen molar-refractivity contribution in [3.05, 3.63) is 78.4 Å². The van der Waals surface area contributed by atoms with Gasteiger partial charge in [0, 0.05) is 0 Å². The minimum absolute atomic E-state index is 0.00704. The van der Waals surface area contributed by atoms with E-state index in [2.05, 4.69) is 24.3 Å². The fourth-order valence-electron chi connectivity index (χ4n) is 1.74. The zero-order valence-electron chi connectivity index (χ0n) is 9.34. The van der Waals surface area contributed by atoms with Gasteiger partial charge in [0.25, 0.3) is 0 Å². The summed E-state index contributed by atoms with van der Waals surface area (Å²) in [6.07, 6.45) is -0.00704. The van der Waals surface area contributed by atoms with Gasteiger partial charge in [-0.05, 0) is 18.1 Å². The monoisotopic (exact) mass is 211 g/mol. The van der Waals surface area contributed by atoms with E-state index in [1.54, 1.807) is 6.61 Å². The Bertz CT molecular complexity index is 368. The highest BCUT2D eigenvalue weighted by atomic mass is 16.5. The number of hydrogen-bond donors (Lipinski definition) is 0. The van der Waals surface area contributed by atoms with E-state index >= 15 is 0 Å². The van der Waals surface area contributed by atoms with Crippen LogP contribution >= 0.6 is 0 Å². The first-order valence-electron chi connectivity index (χ1n) is 5.45. The molecule has 0 aliphatic carbocycles. The van der Waals surface area contributed by atoms with Crippen LogP contribution in [-0.4, -0.2) is 0 Å². The lowest BCUT2D eigenvalue weighted by molar-refractivity contribution is 0.142. The van der Waals surface area contributed by atoms with Gasteiger partial charge in [-0.2, -0.15) is 0 Å². The number of rotatable bonds is 4. The Hall–Kier alpha value is -1.60. The molecule has 0 saturated heterocycles. The predicted octanol–water partition coefficient (Wildman–Crippen LogP) is 3.97. The van der Waals surface area contributed by atoms with Crippen LogP contribution in [0.15, 0.2) is 60.7 Å². The minimum Gasteiger partial charge on any atom is -0.363 e. The fraction of sp³-hybridized carbons (Fsp3) is 0.133. The van der Waals surface area contributed by atoms with Crippen molar-refractivity contribution in [3.8, 4) is 0 Å². The molecular formula is C15H15O. The van der Waals surface area contributed by atoms with Crippen molar-refractivity contribution < 1.29 is 4.74 Å². The molecule has 2 aromatic rings. The van der Waals surface area contributed by atoms with Gasteiger partial charge in [0.05, 0.1) is 6.61 Å². The summed E-state index contributed by atoms with van der Waals surface area (Å²) in [5.41, 5.74) is 2.35. The molecule has 2 rings (SSSR count). The molecule has 0 atom stereocenters. The van der Waals surface area contributed by atoms with Crippen molar-refractivity contribution in [2.24, 2.45) is 0 Å². The van der Waals surface area contributed by atoms with E-state index in [9.17, 15) is 0 Å². The van der Waals surface area contributed by atoms with E-state index in [1.165, 1.54) is 11.1 Å². The zero-order chi connectivity index (χ0) is 11.2. The van der Waals surface area contributed by atoms with Crippen LogP contribution in [0.1, 0.15) is 24.2 Å². The summed E-state index contributed by atoms with van der Waals surface area (Å²) < 4.78 is 5.69. The molecule has 1 heteroatoms. The van der Waals surface area contributed by atoms with Crippen LogP contribution in [-0.2, 0) is 4.74 Å². The molecule has 0 N–H and O–H groups in total. The third kappa shape index (κ3) is 2.50. The minimum atomic E-state index is -0.00704. The quantitative estimate of drug-likeness (QED) is 0.743. The van der Waals surface area contributed by atoms with Gasteiger partial charge >= 0.3 is 0 Å². The first-order chi connectivity index (χ1) is 7.92. The van der Waals surface area contributed by atoms with Gasteiger partial charge in [0.1, 0.15) is 6.10 Å². The van der Waals surface area contributed by atoms with Gasteiger partial charge in [-0.25, -0.2) is 0 Å². The molecular weight excluding hydrogens is 196 g/mol. The highest BCUT2D eigenvalue weighted by Gasteiger charge is 2.12. The number of benzene rings is 2. The van der Waals surface area contributed by atoms with Gasteiger partial charge in [0.15, 0.2) is 0 Å². The third-order valence-electron chi connectivity index (χ3n) is 2.48. The standard InChI is InChI=1S/C15H15O/c1-2-16-15(13-9-5-3-6-10-13)14-11-7-4-8-12-14/h2-12,15H,1H3. The van der Waals surface area contributed by atoms with E-state index in [0.717, 1.165) is 0 Å². The van der Waals surface area contributed by atoms with Crippen molar-refractivity contribution in [3.63, 3.8) is 0 Å². The highest BCUT2D eigenvalue weighted by Crippen LogP contribution is 2.26. The molecule has 0 fully saturated rings.